The lowest BCUT2D eigenvalue weighted by molar-refractivity contribution is -0.187. The van der Waals surface area contributed by atoms with Gasteiger partial charge < -0.3 is 29.4 Å². The molecule has 3 aromatic rings. The van der Waals surface area contributed by atoms with Crippen molar-refractivity contribution in [2.45, 2.75) is 89.9 Å². The summed E-state index contributed by atoms with van der Waals surface area (Å²) in [5.41, 5.74) is 3.06. The third-order valence-corrected chi connectivity index (χ3v) is 11.5. The summed E-state index contributed by atoms with van der Waals surface area (Å²) in [7, 11) is 0. The molecule has 5 heterocycles. The molecule has 9 rings (SSSR count). The van der Waals surface area contributed by atoms with Gasteiger partial charge in [-0.25, -0.2) is 4.98 Å². The lowest BCUT2D eigenvalue weighted by Gasteiger charge is -2.72. The Balaban J connectivity index is 1.15. The van der Waals surface area contributed by atoms with Crippen LogP contribution in [0, 0.1) is 22.7 Å². The van der Waals surface area contributed by atoms with Crippen LogP contribution >= 0.6 is 0 Å². The number of ether oxygens (including phenoxy) is 1. The number of piperazine rings is 1. The van der Waals surface area contributed by atoms with Crippen LogP contribution in [0.2, 0.25) is 0 Å². The molecule has 3 aromatic heterocycles. The summed E-state index contributed by atoms with van der Waals surface area (Å²) in [4.78, 5) is 54.0. The first-order chi connectivity index (χ1) is 22.7. The van der Waals surface area contributed by atoms with Crippen molar-refractivity contribution in [1.82, 2.24) is 39.7 Å². The van der Waals surface area contributed by atoms with Crippen molar-refractivity contribution in [1.29, 1.82) is 5.26 Å². The number of carbonyl (C=O) groups is 2. The summed E-state index contributed by atoms with van der Waals surface area (Å²) in [6.07, 6.45) is 9.05. The van der Waals surface area contributed by atoms with Crippen LogP contribution in [0.4, 0.5) is 5.69 Å². The van der Waals surface area contributed by atoms with Gasteiger partial charge in [-0.3, -0.25) is 14.4 Å². The molecule has 1 saturated heterocycles. The molecule has 14 heteroatoms. The average Bonchev–Trinajstić information content (AvgIpc) is 3.68. The van der Waals surface area contributed by atoms with Gasteiger partial charge in [0.25, 0.3) is 5.91 Å². The predicted molar refractivity (Wildman–Crippen MR) is 171 cm³/mol. The first-order valence-electron chi connectivity index (χ1n) is 16.8. The number of fused-ring (bicyclic) bond motifs is 2. The van der Waals surface area contributed by atoms with E-state index in [2.05, 4.69) is 34.0 Å². The van der Waals surface area contributed by atoms with Crippen LogP contribution in [0.15, 0.2) is 17.2 Å². The Morgan fingerprint density at radius 1 is 1.19 bits per heavy atom. The van der Waals surface area contributed by atoms with Crippen LogP contribution in [0.5, 0.6) is 0 Å². The molecule has 5 fully saturated rings. The van der Waals surface area contributed by atoms with E-state index in [0.717, 1.165) is 43.5 Å². The number of hydrogen-bond donors (Lipinski definition) is 2. The highest BCUT2D eigenvalue weighted by Gasteiger charge is 2.69. The molecule has 4 saturated carbocycles. The Morgan fingerprint density at radius 3 is 2.64 bits per heavy atom. The molecule has 0 unspecified atom stereocenters. The molecule has 14 nitrogen and oxygen atoms in total. The molecule has 2 bridgehead atoms. The minimum Gasteiger partial charge on any atom is -0.377 e. The van der Waals surface area contributed by atoms with Crippen molar-refractivity contribution in [2.24, 2.45) is 11.3 Å². The number of rotatable bonds is 8. The molecular formula is C33H40N10O4. The van der Waals surface area contributed by atoms with E-state index in [1.54, 1.807) is 4.90 Å². The fourth-order valence-electron chi connectivity index (χ4n) is 8.82. The van der Waals surface area contributed by atoms with Crippen LogP contribution in [0.25, 0.3) is 16.9 Å². The maximum atomic E-state index is 14.4. The summed E-state index contributed by atoms with van der Waals surface area (Å²) < 4.78 is 7.38. The maximum Gasteiger partial charge on any atom is 0.273 e. The third kappa shape index (κ3) is 4.46. The van der Waals surface area contributed by atoms with Crippen molar-refractivity contribution in [3.63, 3.8) is 0 Å². The summed E-state index contributed by atoms with van der Waals surface area (Å²) in [5, 5.41) is 22.3. The number of imidazole rings is 1. The van der Waals surface area contributed by atoms with Gasteiger partial charge >= 0.3 is 0 Å². The van der Waals surface area contributed by atoms with Gasteiger partial charge in [-0.2, -0.15) is 10.1 Å². The van der Waals surface area contributed by atoms with Gasteiger partial charge in [0, 0.05) is 36.8 Å². The van der Waals surface area contributed by atoms with Crippen molar-refractivity contribution in [3.8, 4) is 6.07 Å². The molecule has 2 atom stereocenters. The molecule has 6 aliphatic rings. The van der Waals surface area contributed by atoms with Crippen LogP contribution in [0.1, 0.15) is 81.2 Å². The number of pyridine rings is 1. The Kier molecular flexibility index (Phi) is 6.84. The number of nitrogens with one attached hydrogen (secondary N) is 2. The van der Waals surface area contributed by atoms with Gasteiger partial charge in [0.15, 0.2) is 16.9 Å². The second kappa shape index (κ2) is 10.8. The van der Waals surface area contributed by atoms with E-state index < -0.39 is 0 Å². The minimum atomic E-state index is -0.255. The molecule has 2 amide bonds. The summed E-state index contributed by atoms with van der Waals surface area (Å²) >= 11 is 0. The van der Waals surface area contributed by atoms with Crippen molar-refractivity contribution in [3.05, 3.63) is 39.7 Å². The molecule has 2 aliphatic heterocycles. The van der Waals surface area contributed by atoms with E-state index in [9.17, 15) is 19.6 Å². The fourth-order valence-corrected chi connectivity index (χ4v) is 8.82. The van der Waals surface area contributed by atoms with Gasteiger partial charge in [-0.05, 0) is 55.9 Å². The second-order valence-electron chi connectivity index (χ2n) is 14.3. The van der Waals surface area contributed by atoms with Crippen LogP contribution in [-0.4, -0.2) is 90.2 Å². The first kappa shape index (κ1) is 29.9. The Labute approximate surface area is 271 Å². The smallest absolute Gasteiger partial charge is 0.273 e. The topological polar surface area (TPSA) is 167 Å². The second-order valence-corrected chi connectivity index (χ2v) is 14.3. The zero-order chi connectivity index (χ0) is 32.7. The molecule has 0 spiro atoms. The van der Waals surface area contributed by atoms with E-state index in [-0.39, 0.29) is 58.3 Å². The number of aromatic amines is 1. The van der Waals surface area contributed by atoms with Crippen molar-refractivity contribution < 1.29 is 14.3 Å². The molecular weight excluding hydrogens is 600 g/mol. The van der Waals surface area contributed by atoms with Gasteiger partial charge in [0.2, 0.25) is 11.3 Å². The number of anilines is 1. The summed E-state index contributed by atoms with van der Waals surface area (Å²) in [6, 6.07) is 1.78. The van der Waals surface area contributed by atoms with Crippen LogP contribution < -0.4 is 15.6 Å². The molecule has 0 aromatic carbocycles. The number of amides is 2. The molecule has 4 aliphatic carbocycles. The lowest BCUT2D eigenvalue weighted by atomic mass is 9.36. The minimum absolute atomic E-state index is 0.0353. The van der Waals surface area contributed by atoms with E-state index >= 15 is 0 Å². The monoisotopic (exact) mass is 640 g/mol. The summed E-state index contributed by atoms with van der Waals surface area (Å²) in [5.74, 6) is 0.258. The highest BCUT2D eigenvalue weighted by atomic mass is 16.5. The normalized spacial score (nSPS) is 27.8. The summed E-state index contributed by atoms with van der Waals surface area (Å²) in [6.45, 7) is 8.36. The van der Waals surface area contributed by atoms with E-state index in [4.69, 9.17) is 14.9 Å². The van der Waals surface area contributed by atoms with E-state index in [0.29, 0.717) is 61.8 Å². The standard InChI is InChI=1S/C33H40N10O4/c1-4-22-28(40-9-10-41(24-6-5-23(24)40)31(46)26-21(13-34)35-18-36-26)29(45)27-30(39-43(38-27)20-7-11-47-12-8-20)42(22)14-25(44)37-33-15-32(16-33,17-33)19(2)3/h7,18-19,23-24H,4-6,8-12,14-17H2,1-3H3,(H,35,36)(H,37,44)/t23-,24-,32?,33?/m0/s1. The number of nitrogens with zero attached hydrogens (tertiary/aromatic N) is 8. The third-order valence-electron chi connectivity index (χ3n) is 11.5. The number of hydrogen-bond acceptors (Lipinski definition) is 9. The lowest BCUT2D eigenvalue weighted by Crippen LogP contribution is -2.76. The number of carbonyl (C=O) groups excluding carboxylic acids is 2. The zero-order valence-corrected chi connectivity index (χ0v) is 27.1. The highest BCUT2D eigenvalue weighted by Crippen LogP contribution is 2.70. The SMILES string of the molecule is CCc1c(N2CCN(C(=O)c3[nH]cnc3C#N)[C@H]3CC[C@@H]32)c(=O)c2nn(C3=CCOCC3)nc2n1CC(=O)NC12CC(C(C)C)(C1)C2. The number of nitriles is 1. The number of H-pyrrole nitrogens is 1. The average molecular weight is 641 g/mol. The van der Waals surface area contributed by atoms with Crippen molar-refractivity contribution >= 4 is 34.4 Å². The Hall–Kier alpha value is -4.51. The molecule has 47 heavy (non-hydrogen) atoms. The van der Waals surface area contributed by atoms with Gasteiger partial charge in [0.05, 0.1) is 31.3 Å². The van der Waals surface area contributed by atoms with E-state index in [1.807, 2.05) is 23.6 Å². The highest BCUT2D eigenvalue weighted by molar-refractivity contribution is 5.95. The molecule has 0 radical (unpaired) electrons. The largest absolute Gasteiger partial charge is 0.377 e. The Morgan fingerprint density at radius 2 is 1.98 bits per heavy atom. The zero-order valence-electron chi connectivity index (χ0n) is 27.1. The van der Waals surface area contributed by atoms with Crippen molar-refractivity contribution in [2.75, 3.05) is 31.2 Å². The van der Waals surface area contributed by atoms with E-state index in [1.165, 1.54) is 11.1 Å². The Bertz CT molecular complexity index is 1910. The number of aromatic nitrogens is 6. The maximum absolute atomic E-state index is 14.4. The van der Waals surface area contributed by atoms with Crippen LogP contribution in [-0.2, 0) is 22.5 Å². The molecule has 2 N–H and O–H groups in total. The quantitative estimate of drug-likeness (QED) is 0.375. The molecule has 246 valence electrons. The predicted octanol–water partition coefficient (Wildman–Crippen LogP) is 2.20. The van der Waals surface area contributed by atoms with Gasteiger partial charge in [-0.1, -0.05) is 20.8 Å². The fraction of sp³-hybridized carbons (Fsp3) is 0.606. The van der Waals surface area contributed by atoms with Gasteiger partial charge in [-0.15, -0.1) is 10.2 Å². The van der Waals surface area contributed by atoms with Crippen LogP contribution in [0.3, 0.4) is 0 Å². The van der Waals surface area contributed by atoms with Gasteiger partial charge in [0.1, 0.15) is 24.0 Å². The first-order valence-corrected chi connectivity index (χ1v) is 16.8.